The predicted molar refractivity (Wildman–Crippen MR) is 79.4 cm³/mol. The van der Waals surface area contributed by atoms with E-state index >= 15 is 0 Å². The Hall–Kier alpha value is -0.530. The summed E-state index contributed by atoms with van der Waals surface area (Å²) in [6, 6.07) is 6.38. The van der Waals surface area contributed by atoms with Crippen LogP contribution in [0, 0.1) is 18.8 Å². The first kappa shape index (κ1) is 13.9. The Balaban J connectivity index is 2.22. The van der Waals surface area contributed by atoms with Crippen molar-refractivity contribution in [1.29, 1.82) is 0 Å². The lowest BCUT2D eigenvalue weighted by Gasteiger charge is -2.34. The van der Waals surface area contributed by atoms with Crippen LogP contribution in [0.15, 0.2) is 18.2 Å². The largest absolute Gasteiger partial charge is 0.316 e. The molecule has 1 nitrogen and oxygen atoms in total. The summed E-state index contributed by atoms with van der Waals surface area (Å²) < 4.78 is 0. The lowest BCUT2D eigenvalue weighted by atomic mass is 9.76. The molecule has 0 saturated carbocycles. The summed E-state index contributed by atoms with van der Waals surface area (Å²) in [4.78, 5) is 0. The van der Waals surface area contributed by atoms with E-state index in [1.165, 1.54) is 24.0 Å². The molecule has 2 atom stereocenters. The lowest BCUT2D eigenvalue weighted by molar-refractivity contribution is 0.279. The topological polar surface area (TPSA) is 12.0 Å². The third-order valence-corrected chi connectivity index (χ3v) is 4.25. The first-order valence-corrected chi connectivity index (χ1v) is 7.42. The monoisotopic (exact) mass is 265 g/mol. The number of halogens is 1. The Morgan fingerprint density at radius 2 is 2.17 bits per heavy atom. The van der Waals surface area contributed by atoms with Crippen molar-refractivity contribution in [3.05, 3.63) is 34.3 Å². The molecule has 0 amide bonds. The van der Waals surface area contributed by atoms with E-state index in [4.69, 9.17) is 11.6 Å². The molecular weight excluding hydrogens is 242 g/mol. The number of rotatable bonds is 3. The van der Waals surface area contributed by atoms with Crippen molar-refractivity contribution in [2.24, 2.45) is 11.8 Å². The summed E-state index contributed by atoms with van der Waals surface area (Å²) >= 11 is 6.06. The minimum atomic E-state index is 0.700. The third kappa shape index (κ3) is 3.27. The van der Waals surface area contributed by atoms with Crippen molar-refractivity contribution in [3.8, 4) is 0 Å². The van der Waals surface area contributed by atoms with Crippen molar-refractivity contribution >= 4 is 11.6 Å². The van der Waals surface area contributed by atoms with E-state index in [2.05, 4.69) is 38.2 Å². The quantitative estimate of drug-likeness (QED) is 0.855. The smallest absolute Gasteiger partial charge is 0.0408 e. The van der Waals surface area contributed by atoms with Crippen LogP contribution in [0.2, 0.25) is 5.02 Å². The average molecular weight is 266 g/mol. The van der Waals surface area contributed by atoms with Crippen LogP contribution in [-0.4, -0.2) is 13.1 Å². The number of benzene rings is 1. The van der Waals surface area contributed by atoms with E-state index in [0.29, 0.717) is 5.92 Å². The van der Waals surface area contributed by atoms with E-state index in [-0.39, 0.29) is 0 Å². The van der Waals surface area contributed by atoms with Crippen LogP contribution >= 0.6 is 11.6 Å². The van der Waals surface area contributed by atoms with Gasteiger partial charge in [-0.15, -0.1) is 0 Å². The van der Waals surface area contributed by atoms with Gasteiger partial charge in [0, 0.05) is 5.02 Å². The maximum absolute atomic E-state index is 6.06. The van der Waals surface area contributed by atoms with Crippen molar-refractivity contribution in [1.82, 2.24) is 5.32 Å². The molecule has 1 saturated heterocycles. The Bertz CT molecular complexity index is 400. The van der Waals surface area contributed by atoms with Crippen LogP contribution in [0.3, 0.4) is 0 Å². The zero-order valence-corrected chi connectivity index (χ0v) is 12.4. The molecule has 1 fully saturated rings. The van der Waals surface area contributed by atoms with Crippen molar-refractivity contribution in [3.63, 3.8) is 0 Å². The van der Waals surface area contributed by atoms with Crippen LogP contribution in [0.4, 0.5) is 0 Å². The van der Waals surface area contributed by atoms with Gasteiger partial charge in [0.1, 0.15) is 0 Å². The van der Waals surface area contributed by atoms with E-state index in [0.717, 1.165) is 29.9 Å². The number of piperidine rings is 1. The Morgan fingerprint density at radius 3 is 2.83 bits per heavy atom. The number of hydrogen-bond donors (Lipinski definition) is 1. The molecule has 18 heavy (non-hydrogen) atoms. The minimum absolute atomic E-state index is 0.700. The number of hydrogen-bond acceptors (Lipinski definition) is 1. The van der Waals surface area contributed by atoms with E-state index in [1.54, 1.807) is 0 Å². The molecule has 1 aliphatic rings. The van der Waals surface area contributed by atoms with Gasteiger partial charge in [-0.3, -0.25) is 0 Å². The van der Waals surface area contributed by atoms with Gasteiger partial charge in [-0.1, -0.05) is 31.5 Å². The highest BCUT2D eigenvalue weighted by atomic mass is 35.5. The van der Waals surface area contributed by atoms with Crippen molar-refractivity contribution in [2.45, 2.75) is 39.5 Å². The summed E-state index contributed by atoms with van der Waals surface area (Å²) in [5, 5.41) is 4.40. The summed E-state index contributed by atoms with van der Waals surface area (Å²) in [7, 11) is 0. The maximum atomic E-state index is 6.06. The SMILES string of the molecule is Cc1cc(Cl)ccc1C1CCNCC1CC(C)C. The van der Waals surface area contributed by atoms with Gasteiger partial charge in [0.15, 0.2) is 0 Å². The molecule has 0 aliphatic carbocycles. The standard InChI is InChI=1S/C16H24ClN/c1-11(2)8-13-10-18-7-6-16(13)15-5-4-14(17)9-12(15)3/h4-5,9,11,13,16,18H,6-8,10H2,1-3H3. The number of aryl methyl sites for hydroxylation is 1. The summed E-state index contributed by atoms with van der Waals surface area (Å²) in [6.45, 7) is 9.13. The molecule has 0 aromatic heterocycles. The predicted octanol–water partition coefficient (Wildman–Crippen LogP) is 4.39. The van der Waals surface area contributed by atoms with Crippen molar-refractivity contribution < 1.29 is 0 Å². The molecule has 0 radical (unpaired) electrons. The van der Waals surface area contributed by atoms with Crippen LogP contribution in [0.25, 0.3) is 0 Å². The molecule has 1 aromatic rings. The molecule has 2 heteroatoms. The van der Waals surface area contributed by atoms with Gasteiger partial charge in [0.25, 0.3) is 0 Å². The zero-order valence-electron chi connectivity index (χ0n) is 11.7. The Morgan fingerprint density at radius 1 is 1.39 bits per heavy atom. The lowest BCUT2D eigenvalue weighted by Crippen LogP contribution is -2.36. The maximum Gasteiger partial charge on any atom is 0.0408 e. The second-order valence-electron chi connectivity index (χ2n) is 5.99. The van der Waals surface area contributed by atoms with E-state index in [9.17, 15) is 0 Å². The van der Waals surface area contributed by atoms with Gasteiger partial charge in [-0.05, 0) is 73.9 Å². The van der Waals surface area contributed by atoms with E-state index < -0.39 is 0 Å². The van der Waals surface area contributed by atoms with Crippen LogP contribution in [0.1, 0.15) is 43.7 Å². The second-order valence-corrected chi connectivity index (χ2v) is 6.43. The first-order chi connectivity index (χ1) is 8.58. The molecule has 0 spiro atoms. The van der Waals surface area contributed by atoms with Gasteiger partial charge >= 0.3 is 0 Å². The molecular formula is C16H24ClN. The van der Waals surface area contributed by atoms with Gasteiger partial charge in [0.2, 0.25) is 0 Å². The van der Waals surface area contributed by atoms with Gasteiger partial charge in [-0.25, -0.2) is 0 Å². The molecule has 1 heterocycles. The van der Waals surface area contributed by atoms with Crippen LogP contribution < -0.4 is 5.32 Å². The molecule has 1 aliphatic heterocycles. The normalized spacial score (nSPS) is 24.5. The molecule has 1 aromatic carbocycles. The van der Waals surface area contributed by atoms with Crippen LogP contribution in [-0.2, 0) is 0 Å². The van der Waals surface area contributed by atoms with Gasteiger partial charge in [0.05, 0.1) is 0 Å². The van der Waals surface area contributed by atoms with Crippen LogP contribution in [0.5, 0.6) is 0 Å². The average Bonchev–Trinajstić information content (AvgIpc) is 2.30. The number of nitrogens with one attached hydrogen (secondary N) is 1. The summed E-state index contributed by atoms with van der Waals surface area (Å²) in [5.74, 6) is 2.23. The Kier molecular flexibility index (Phi) is 4.69. The minimum Gasteiger partial charge on any atom is -0.316 e. The fourth-order valence-electron chi connectivity index (χ4n) is 3.24. The molecule has 1 N–H and O–H groups in total. The second kappa shape index (κ2) is 6.08. The fraction of sp³-hybridized carbons (Fsp3) is 0.625. The van der Waals surface area contributed by atoms with Gasteiger partial charge in [-0.2, -0.15) is 0 Å². The summed E-state index contributed by atoms with van der Waals surface area (Å²) in [6.07, 6.45) is 2.56. The molecule has 100 valence electrons. The highest BCUT2D eigenvalue weighted by Crippen LogP contribution is 2.36. The fourth-order valence-corrected chi connectivity index (χ4v) is 3.47. The highest BCUT2D eigenvalue weighted by Gasteiger charge is 2.27. The highest BCUT2D eigenvalue weighted by molar-refractivity contribution is 6.30. The van der Waals surface area contributed by atoms with Gasteiger partial charge < -0.3 is 5.32 Å². The summed E-state index contributed by atoms with van der Waals surface area (Å²) in [5.41, 5.74) is 2.86. The van der Waals surface area contributed by atoms with Crippen molar-refractivity contribution in [2.75, 3.05) is 13.1 Å². The van der Waals surface area contributed by atoms with E-state index in [1.807, 2.05) is 6.07 Å². The molecule has 2 rings (SSSR count). The first-order valence-electron chi connectivity index (χ1n) is 7.04. The Labute approximate surface area is 116 Å². The molecule has 2 unspecified atom stereocenters. The third-order valence-electron chi connectivity index (χ3n) is 4.01. The zero-order chi connectivity index (χ0) is 13.1. The molecule has 0 bridgehead atoms.